The van der Waals surface area contributed by atoms with Crippen molar-refractivity contribution >= 4 is 11.8 Å². The number of amides is 2. The zero-order valence-electron chi connectivity index (χ0n) is 11.5. The molecule has 0 saturated carbocycles. The molecule has 0 bridgehead atoms. The van der Waals surface area contributed by atoms with Crippen LogP contribution >= 0.6 is 0 Å². The Morgan fingerprint density at radius 1 is 1.33 bits per heavy atom. The molecule has 2 aromatic rings. The number of carbonyl (C=O) groups is 2. The molecule has 0 spiro atoms. The van der Waals surface area contributed by atoms with Crippen LogP contribution in [0.2, 0.25) is 0 Å². The number of hydrogen-bond donors (Lipinski definition) is 2. The number of nitrogens with two attached hydrogens (primary N) is 1. The van der Waals surface area contributed by atoms with Crippen molar-refractivity contribution in [3.05, 3.63) is 42.1 Å². The molecule has 21 heavy (non-hydrogen) atoms. The third kappa shape index (κ3) is 2.52. The van der Waals surface area contributed by atoms with Gasteiger partial charge in [-0.2, -0.15) is 5.10 Å². The highest BCUT2D eigenvalue weighted by Crippen LogP contribution is 2.22. The first-order chi connectivity index (χ1) is 10.2. The average molecular weight is 284 g/mol. The Labute approximate surface area is 121 Å². The first-order valence-corrected chi connectivity index (χ1v) is 6.87. The van der Waals surface area contributed by atoms with E-state index >= 15 is 0 Å². The molecule has 1 aliphatic heterocycles. The molecule has 2 heterocycles. The Morgan fingerprint density at radius 3 is 2.90 bits per heavy atom. The normalized spacial score (nSPS) is 17.9. The topological polar surface area (TPSA) is 92.1 Å². The Hall–Kier alpha value is -2.63. The van der Waals surface area contributed by atoms with Crippen molar-refractivity contribution in [2.24, 2.45) is 5.73 Å². The number of hydrogen-bond acceptors (Lipinski definition) is 3. The fourth-order valence-corrected chi connectivity index (χ4v) is 2.71. The van der Waals surface area contributed by atoms with Gasteiger partial charge in [-0.05, 0) is 31.0 Å². The summed E-state index contributed by atoms with van der Waals surface area (Å²) in [5.41, 5.74) is 7.64. The number of H-pyrrole nitrogens is 1. The van der Waals surface area contributed by atoms with Crippen molar-refractivity contribution in [1.29, 1.82) is 0 Å². The number of rotatable bonds is 3. The summed E-state index contributed by atoms with van der Waals surface area (Å²) in [5, 5.41) is 6.77. The fraction of sp³-hybridized carbons (Fsp3) is 0.267. The van der Waals surface area contributed by atoms with Gasteiger partial charge in [0.1, 0.15) is 6.04 Å². The zero-order chi connectivity index (χ0) is 14.8. The van der Waals surface area contributed by atoms with E-state index in [9.17, 15) is 9.59 Å². The molecular formula is C15H16N4O2. The number of carbonyl (C=O) groups excluding carboxylic acids is 2. The highest BCUT2D eigenvalue weighted by Gasteiger charge is 2.33. The van der Waals surface area contributed by atoms with E-state index in [0.717, 1.165) is 17.7 Å². The van der Waals surface area contributed by atoms with Gasteiger partial charge in [0.05, 0.1) is 5.69 Å². The Balaban J connectivity index is 1.88. The van der Waals surface area contributed by atoms with Crippen molar-refractivity contribution in [2.45, 2.75) is 18.9 Å². The lowest BCUT2D eigenvalue weighted by Gasteiger charge is -2.22. The zero-order valence-corrected chi connectivity index (χ0v) is 11.5. The number of benzene rings is 1. The number of likely N-dealkylation sites (tertiary alicyclic amines) is 1. The lowest BCUT2D eigenvalue weighted by molar-refractivity contribution is -0.121. The highest BCUT2D eigenvalue weighted by molar-refractivity contribution is 5.98. The summed E-state index contributed by atoms with van der Waals surface area (Å²) in [5.74, 6) is -0.594. The quantitative estimate of drug-likeness (QED) is 0.886. The van der Waals surface area contributed by atoms with Crippen LogP contribution in [0.15, 0.2) is 36.5 Å². The molecular weight excluding hydrogens is 268 g/mol. The maximum atomic E-state index is 12.6. The summed E-state index contributed by atoms with van der Waals surface area (Å²) in [6, 6.07) is 8.61. The molecule has 1 aromatic carbocycles. The molecule has 3 N–H and O–H groups in total. The standard InChI is InChI=1S/C15H16N4O2/c16-14(20)13-5-2-8-19(13)15(21)11-4-1-3-10(9-11)12-6-7-17-18-12/h1,3-4,6-7,9,13H,2,5,8H2,(H2,16,20)(H,17,18)/t13-/m1/s1. The summed E-state index contributed by atoms with van der Waals surface area (Å²) in [7, 11) is 0. The minimum atomic E-state index is -0.492. The number of primary amides is 1. The van der Waals surface area contributed by atoms with E-state index in [4.69, 9.17) is 5.73 Å². The van der Waals surface area contributed by atoms with Crippen molar-refractivity contribution < 1.29 is 9.59 Å². The number of nitrogens with zero attached hydrogens (tertiary/aromatic N) is 2. The maximum Gasteiger partial charge on any atom is 0.254 e. The van der Waals surface area contributed by atoms with Gasteiger partial charge in [0.15, 0.2) is 0 Å². The monoisotopic (exact) mass is 284 g/mol. The molecule has 0 aliphatic carbocycles. The predicted octanol–water partition coefficient (Wildman–Crippen LogP) is 1.17. The van der Waals surface area contributed by atoms with Crippen LogP contribution in [0.3, 0.4) is 0 Å². The van der Waals surface area contributed by atoms with Gasteiger partial charge < -0.3 is 10.6 Å². The van der Waals surface area contributed by atoms with Gasteiger partial charge in [-0.3, -0.25) is 14.7 Å². The van der Waals surface area contributed by atoms with Crippen LogP contribution in [0.1, 0.15) is 23.2 Å². The van der Waals surface area contributed by atoms with Crippen LogP contribution < -0.4 is 5.73 Å². The van der Waals surface area contributed by atoms with E-state index in [2.05, 4.69) is 10.2 Å². The maximum absolute atomic E-state index is 12.6. The van der Waals surface area contributed by atoms with Crippen molar-refractivity contribution in [3.63, 3.8) is 0 Å². The van der Waals surface area contributed by atoms with Crippen LogP contribution in [0.5, 0.6) is 0 Å². The van der Waals surface area contributed by atoms with Crippen molar-refractivity contribution in [1.82, 2.24) is 15.1 Å². The van der Waals surface area contributed by atoms with E-state index in [0.29, 0.717) is 18.5 Å². The first kappa shape index (κ1) is 13.4. The van der Waals surface area contributed by atoms with Crippen LogP contribution in [-0.4, -0.2) is 39.5 Å². The number of aromatic amines is 1. The summed E-state index contributed by atoms with van der Waals surface area (Å²) in [6.07, 6.45) is 3.11. The van der Waals surface area contributed by atoms with Gasteiger partial charge in [0.2, 0.25) is 5.91 Å². The Kier molecular flexibility index (Phi) is 3.43. The summed E-state index contributed by atoms with van der Waals surface area (Å²) >= 11 is 0. The van der Waals surface area contributed by atoms with Crippen LogP contribution in [0.25, 0.3) is 11.3 Å². The molecule has 0 unspecified atom stereocenters. The minimum Gasteiger partial charge on any atom is -0.368 e. The third-order valence-electron chi connectivity index (χ3n) is 3.76. The summed E-state index contributed by atoms with van der Waals surface area (Å²) in [6.45, 7) is 0.570. The van der Waals surface area contributed by atoms with E-state index in [-0.39, 0.29) is 5.91 Å². The van der Waals surface area contributed by atoms with Gasteiger partial charge in [-0.15, -0.1) is 0 Å². The smallest absolute Gasteiger partial charge is 0.254 e. The van der Waals surface area contributed by atoms with Crippen LogP contribution in [0.4, 0.5) is 0 Å². The second kappa shape index (κ2) is 5.40. The fourth-order valence-electron chi connectivity index (χ4n) is 2.71. The van der Waals surface area contributed by atoms with E-state index < -0.39 is 11.9 Å². The van der Waals surface area contributed by atoms with Crippen molar-refractivity contribution in [2.75, 3.05) is 6.54 Å². The molecule has 2 amide bonds. The first-order valence-electron chi connectivity index (χ1n) is 6.87. The van der Waals surface area contributed by atoms with Gasteiger partial charge in [0.25, 0.3) is 5.91 Å². The number of aromatic nitrogens is 2. The van der Waals surface area contributed by atoms with Gasteiger partial charge in [-0.25, -0.2) is 0 Å². The predicted molar refractivity (Wildman–Crippen MR) is 77.3 cm³/mol. The summed E-state index contributed by atoms with van der Waals surface area (Å²) < 4.78 is 0. The molecule has 108 valence electrons. The van der Waals surface area contributed by atoms with Gasteiger partial charge in [0, 0.05) is 23.9 Å². The molecule has 1 saturated heterocycles. The number of nitrogens with one attached hydrogen (secondary N) is 1. The molecule has 1 aliphatic rings. The lowest BCUT2D eigenvalue weighted by Crippen LogP contribution is -2.43. The summed E-state index contributed by atoms with van der Waals surface area (Å²) in [4.78, 5) is 25.6. The van der Waals surface area contributed by atoms with Crippen LogP contribution in [-0.2, 0) is 4.79 Å². The second-order valence-electron chi connectivity index (χ2n) is 5.11. The molecule has 3 rings (SSSR count). The Bertz CT molecular complexity index is 666. The average Bonchev–Trinajstić information content (AvgIpc) is 3.17. The van der Waals surface area contributed by atoms with E-state index in [1.165, 1.54) is 0 Å². The molecule has 0 radical (unpaired) electrons. The van der Waals surface area contributed by atoms with Crippen LogP contribution in [0, 0.1) is 0 Å². The SMILES string of the molecule is NC(=O)[C@H]1CCCN1C(=O)c1cccc(-c2ccn[nH]2)c1. The van der Waals surface area contributed by atoms with Gasteiger partial charge >= 0.3 is 0 Å². The second-order valence-corrected chi connectivity index (χ2v) is 5.11. The van der Waals surface area contributed by atoms with E-state index in [1.54, 1.807) is 23.2 Å². The molecule has 6 heteroatoms. The van der Waals surface area contributed by atoms with Gasteiger partial charge in [-0.1, -0.05) is 12.1 Å². The molecule has 6 nitrogen and oxygen atoms in total. The molecule has 1 atom stereocenters. The molecule has 1 aromatic heterocycles. The minimum absolute atomic E-state index is 0.155. The lowest BCUT2D eigenvalue weighted by atomic mass is 10.1. The van der Waals surface area contributed by atoms with Crippen molar-refractivity contribution in [3.8, 4) is 11.3 Å². The highest BCUT2D eigenvalue weighted by atomic mass is 16.2. The van der Waals surface area contributed by atoms with E-state index in [1.807, 2.05) is 18.2 Å². The largest absolute Gasteiger partial charge is 0.368 e. The Morgan fingerprint density at radius 2 is 2.19 bits per heavy atom. The third-order valence-corrected chi connectivity index (χ3v) is 3.76. The molecule has 1 fully saturated rings.